The molecule has 2 heterocycles. The maximum atomic E-state index is 13.8. The van der Waals surface area contributed by atoms with E-state index in [-0.39, 0.29) is 11.8 Å². The van der Waals surface area contributed by atoms with Crippen molar-refractivity contribution in [2.75, 3.05) is 52.3 Å². The van der Waals surface area contributed by atoms with Gasteiger partial charge in [0.2, 0.25) is 11.8 Å². The molecule has 2 aliphatic heterocycles. The normalized spacial score (nSPS) is 36.1. The van der Waals surface area contributed by atoms with Gasteiger partial charge in [-0.15, -0.1) is 0 Å². The highest BCUT2D eigenvalue weighted by Crippen LogP contribution is 2.69. The van der Waals surface area contributed by atoms with Crippen molar-refractivity contribution in [3.63, 3.8) is 0 Å². The number of ether oxygens (including phenoxy) is 1. The molecule has 0 spiro atoms. The van der Waals surface area contributed by atoms with E-state index >= 15 is 0 Å². The number of carbonyl (C=O) groups excluding carboxylic acids is 2. The molecule has 2 amide bonds. The Morgan fingerprint density at radius 3 is 2.33 bits per heavy atom. The van der Waals surface area contributed by atoms with Crippen molar-refractivity contribution in [3.05, 3.63) is 29.8 Å². The van der Waals surface area contributed by atoms with Crippen LogP contribution in [-0.4, -0.2) is 74.6 Å². The van der Waals surface area contributed by atoms with Crippen LogP contribution >= 0.6 is 0 Å². The zero-order valence-electron chi connectivity index (χ0n) is 16.9. The Labute approximate surface area is 161 Å². The van der Waals surface area contributed by atoms with Gasteiger partial charge in [-0.3, -0.25) is 9.59 Å². The second kappa shape index (κ2) is 5.79. The summed E-state index contributed by atoms with van der Waals surface area (Å²) in [5.41, 5.74) is -0.478. The average Bonchev–Trinajstić information content (AvgIpc) is 2.69. The van der Waals surface area contributed by atoms with Crippen LogP contribution in [0.2, 0.25) is 0 Å². The van der Waals surface area contributed by atoms with Crippen molar-refractivity contribution in [2.24, 2.45) is 5.41 Å². The number of hydrogen-bond acceptors (Lipinski definition) is 4. The summed E-state index contributed by atoms with van der Waals surface area (Å²) in [6, 6.07) is 7.91. The standard InChI is InChI=1S/C21H29N3O3/c1-19(27-5)14-21(18(26)24-12-10-22(3)11-13-24)17(25)23(4)16-9-7-6-8-15(16)20(19,21)2/h6-9H,10-14H2,1-5H3/t19-,20-,21-/m0/s1. The Balaban J connectivity index is 1.86. The third kappa shape index (κ3) is 2.03. The molecular formula is C21H29N3O3. The van der Waals surface area contributed by atoms with Gasteiger partial charge in [-0.25, -0.2) is 0 Å². The first-order chi connectivity index (χ1) is 12.7. The summed E-state index contributed by atoms with van der Waals surface area (Å²) in [6.07, 6.45) is 0.412. The molecular weight excluding hydrogens is 342 g/mol. The van der Waals surface area contributed by atoms with E-state index in [1.807, 2.05) is 43.0 Å². The van der Waals surface area contributed by atoms with Crippen LogP contribution in [0.1, 0.15) is 25.8 Å². The first-order valence-electron chi connectivity index (χ1n) is 9.64. The number of nitrogens with zero attached hydrogens (tertiary/aromatic N) is 3. The fourth-order valence-corrected chi connectivity index (χ4v) is 5.53. The molecule has 3 atom stereocenters. The van der Waals surface area contributed by atoms with Gasteiger partial charge in [0.1, 0.15) is 5.41 Å². The number of carbonyl (C=O) groups is 2. The minimum atomic E-state index is -1.10. The van der Waals surface area contributed by atoms with E-state index in [0.29, 0.717) is 19.5 Å². The van der Waals surface area contributed by atoms with Crippen molar-refractivity contribution in [3.8, 4) is 0 Å². The minimum absolute atomic E-state index is 0.0426. The monoisotopic (exact) mass is 371 g/mol. The van der Waals surface area contributed by atoms with Crippen molar-refractivity contribution < 1.29 is 14.3 Å². The van der Waals surface area contributed by atoms with Gasteiger partial charge in [0, 0.05) is 57.9 Å². The minimum Gasteiger partial charge on any atom is -0.377 e. The van der Waals surface area contributed by atoms with E-state index in [1.165, 1.54) is 0 Å². The Bertz CT molecular complexity index is 804. The smallest absolute Gasteiger partial charge is 0.243 e. The fourth-order valence-electron chi connectivity index (χ4n) is 5.53. The molecule has 2 fully saturated rings. The lowest BCUT2D eigenvalue weighted by molar-refractivity contribution is -0.223. The third-order valence-electron chi connectivity index (χ3n) is 7.59. The lowest BCUT2D eigenvalue weighted by Gasteiger charge is -2.69. The zero-order chi connectivity index (χ0) is 19.6. The van der Waals surface area contributed by atoms with Gasteiger partial charge in [0.05, 0.1) is 5.60 Å². The summed E-state index contributed by atoms with van der Waals surface area (Å²) < 4.78 is 5.92. The summed E-state index contributed by atoms with van der Waals surface area (Å²) in [5, 5.41) is 0. The van der Waals surface area contributed by atoms with E-state index in [0.717, 1.165) is 24.3 Å². The molecule has 0 aromatic heterocycles. The molecule has 146 valence electrons. The van der Waals surface area contributed by atoms with E-state index in [9.17, 15) is 9.59 Å². The van der Waals surface area contributed by atoms with Crippen molar-refractivity contribution in [2.45, 2.75) is 31.3 Å². The summed E-state index contributed by atoms with van der Waals surface area (Å²) >= 11 is 0. The molecule has 1 aromatic carbocycles. The average molecular weight is 371 g/mol. The van der Waals surface area contributed by atoms with Crippen LogP contribution in [0, 0.1) is 5.41 Å². The van der Waals surface area contributed by atoms with E-state index < -0.39 is 16.4 Å². The molecule has 4 rings (SSSR count). The Kier molecular flexibility index (Phi) is 3.95. The molecule has 1 aliphatic carbocycles. The number of anilines is 1. The highest BCUT2D eigenvalue weighted by molar-refractivity contribution is 6.17. The second-order valence-electron chi connectivity index (χ2n) is 8.62. The molecule has 6 nitrogen and oxygen atoms in total. The van der Waals surface area contributed by atoms with E-state index in [4.69, 9.17) is 4.74 Å². The van der Waals surface area contributed by atoms with E-state index in [1.54, 1.807) is 19.1 Å². The maximum Gasteiger partial charge on any atom is 0.243 e. The first kappa shape index (κ1) is 18.4. The van der Waals surface area contributed by atoms with Crippen LogP contribution in [0.3, 0.4) is 0 Å². The first-order valence-corrected chi connectivity index (χ1v) is 9.64. The Morgan fingerprint density at radius 1 is 1.07 bits per heavy atom. The highest BCUT2D eigenvalue weighted by Gasteiger charge is 2.80. The van der Waals surface area contributed by atoms with Gasteiger partial charge in [0.15, 0.2) is 0 Å². The van der Waals surface area contributed by atoms with Crippen molar-refractivity contribution >= 4 is 17.5 Å². The quantitative estimate of drug-likeness (QED) is 0.739. The number of para-hydroxylation sites is 1. The number of rotatable bonds is 2. The van der Waals surface area contributed by atoms with Crippen molar-refractivity contribution in [1.82, 2.24) is 9.80 Å². The van der Waals surface area contributed by atoms with Gasteiger partial charge in [-0.1, -0.05) is 25.1 Å². The summed E-state index contributed by atoms with van der Waals surface area (Å²) in [6.45, 7) is 7.06. The fraction of sp³-hybridized carbons (Fsp3) is 0.619. The molecule has 1 aromatic rings. The molecule has 0 radical (unpaired) electrons. The van der Waals surface area contributed by atoms with Gasteiger partial charge in [-0.2, -0.15) is 0 Å². The third-order valence-corrected chi connectivity index (χ3v) is 7.59. The van der Waals surface area contributed by atoms with Crippen molar-refractivity contribution in [1.29, 1.82) is 0 Å². The van der Waals surface area contributed by atoms with Gasteiger partial charge in [-0.05, 0) is 25.6 Å². The van der Waals surface area contributed by atoms with Crippen LogP contribution in [0.15, 0.2) is 24.3 Å². The van der Waals surface area contributed by atoms with Crippen LogP contribution in [0.25, 0.3) is 0 Å². The largest absolute Gasteiger partial charge is 0.377 e. The van der Waals surface area contributed by atoms with E-state index in [2.05, 4.69) is 11.9 Å². The predicted octanol–water partition coefficient (Wildman–Crippen LogP) is 1.49. The van der Waals surface area contributed by atoms with Crippen LogP contribution in [0.4, 0.5) is 5.69 Å². The Hall–Kier alpha value is -1.92. The molecule has 0 N–H and O–H groups in total. The lowest BCUT2D eigenvalue weighted by atomic mass is 9.38. The number of amides is 2. The molecule has 0 unspecified atom stereocenters. The number of piperazine rings is 1. The summed E-state index contributed by atoms with van der Waals surface area (Å²) in [5.74, 6) is -0.152. The van der Waals surface area contributed by atoms with Crippen LogP contribution < -0.4 is 4.90 Å². The number of methoxy groups -OCH3 is 1. The van der Waals surface area contributed by atoms with Crippen LogP contribution in [0.5, 0.6) is 0 Å². The molecule has 1 saturated heterocycles. The molecule has 3 aliphatic rings. The number of hydrogen-bond donors (Lipinski definition) is 0. The van der Waals surface area contributed by atoms with Gasteiger partial charge >= 0.3 is 0 Å². The number of likely N-dealkylation sites (N-methyl/N-ethyl adjacent to an activating group) is 1. The van der Waals surface area contributed by atoms with Gasteiger partial charge in [0.25, 0.3) is 0 Å². The molecule has 6 heteroatoms. The maximum absolute atomic E-state index is 13.8. The molecule has 1 saturated carbocycles. The number of benzene rings is 1. The zero-order valence-corrected chi connectivity index (χ0v) is 16.9. The van der Waals surface area contributed by atoms with Gasteiger partial charge < -0.3 is 19.4 Å². The lowest BCUT2D eigenvalue weighted by Crippen LogP contribution is -2.81. The summed E-state index contributed by atoms with van der Waals surface area (Å²) in [4.78, 5) is 33.2. The highest BCUT2D eigenvalue weighted by atomic mass is 16.5. The SMILES string of the molecule is CO[C@@]1(C)C[C@@]2(C(=O)N3CCN(C)CC3)C(=O)N(C)c3ccccc3[C@]21C. The molecule has 0 bridgehead atoms. The predicted molar refractivity (Wildman–Crippen MR) is 104 cm³/mol. The Morgan fingerprint density at radius 2 is 1.70 bits per heavy atom. The summed E-state index contributed by atoms with van der Waals surface area (Å²) in [7, 11) is 5.52. The number of fused-ring (bicyclic) bond motifs is 3. The second-order valence-corrected chi connectivity index (χ2v) is 8.62. The topological polar surface area (TPSA) is 53.1 Å². The molecule has 27 heavy (non-hydrogen) atoms. The van der Waals surface area contributed by atoms with Crippen LogP contribution in [-0.2, 0) is 19.7 Å².